The lowest BCUT2D eigenvalue weighted by Crippen LogP contribution is -2.66. The van der Waals surface area contributed by atoms with E-state index in [0.29, 0.717) is 58.5 Å². The number of benzene rings is 1. The van der Waals surface area contributed by atoms with Crippen LogP contribution in [0.1, 0.15) is 56.7 Å². The summed E-state index contributed by atoms with van der Waals surface area (Å²) in [5.74, 6) is -0.170. The number of fused-ring (bicyclic) bond motifs is 5. The minimum atomic E-state index is -0.870. The Morgan fingerprint density at radius 1 is 1.04 bits per heavy atom. The van der Waals surface area contributed by atoms with Gasteiger partial charge in [0.15, 0.2) is 0 Å². The van der Waals surface area contributed by atoms with Crippen LogP contribution >= 0.6 is 0 Å². The normalized spacial score (nSPS) is 24.2. The van der Waals surface area contributed by atoms with E-state index in [0.717, 1.165) is 59.3 Å². The second-order valence-electron chi connectivity index (χ2n) is 14.4. The summed E-state index contributed by atoms with van der Waals surface area (Å²) >= 11 is 0. The van der Waals surface area contributed by atoms with Crippen LogP contribution in [-0.4, -0.2) is 108 Å². The fourth-order valence-electron chi connectivity index (χ4n) is 8.47. The van der Waals surface area contributed by atoms with Gasteiger partial charge in [0.2, 0.25) is 23.6 Å². The van der Waals surface area contributed by atoms with Crippen molar-refractivity contribution < 1.29 is 23.6 Å². The molecule has 11 heteroatoms. The quantitative estimate of drug-likeness (QED) is 0.322. The molecule has 4 amide bonds. The summed E-state index contributed by atoms with van der Waals surface area (Å²) in [4.78, 5) is 66.6. The highest BCUT2D eigenvalue weighted by Crippen LogP contribution is 2.52. The molecule has 1 saturated carbocycles. The number of piperidine rings is 1. The SMILES string of the molecule is CC[C@]12c3[nH]c4cc(-c5ccco5)ccc4c3CCN1C(=O)[C@@H](CC(=O)NCCCN(C)C)C[C@@H]2C(=O)N1CCN(C(=O)C2CC2)CC1. The van der Waals surface area contributed by atoms with Gasteiger partial charge < -0.3 is 34.3 Å². The van der Waals surface area contributed by atoms with Gasteiger partial charge >= 0.3 is 0 Å². The zero-order valence-corrected chi connectivity index (χ0v) is 28.4. The Balaban J connectivity index is 1.21. The lowest BCUT2D eigenvalue weighted by Gasteiger charge is -2.56. The second-order valence-corrected chi connectivity index (χ2v) is 14.4. The summed E-state index contributed by atoms with van der Waals surface area (Å²) in [6.45, 7) is 5.98. The summed E-state index contributed by atoms with van der Waals surface area (Å²) in [5.41, 5.74) is 3.12. The second kappa shape index (κ2) is 13.1. The van der Waals surface area contributed by atoms with Crippen LogP contribution in [0.5, 0.6) is 0 Å². The number of nitrogens with zero attached hydrogens (tertiary/aromatic N) is 4. The van der Waals surface area contributed by atoms with E-state index in [1.54, 1.807) is 6.26 Å². The third kappa shape index (κ3) is 5.80. The van der Waals surface area contributed by atoms with Crippen LogP contribution in [0.15, 0.2) is 41.0 Å². The van der Waals surface area contributed by atoms with Gasteiger partial charge in [0, 0.05) is 79.7 Å². The first-order valence-corrected chi connectivity index (χ1v) is 17.7. The molecule has 2 N–H and O–H groups in total. The van der Waals surface area contributed by atoms with Crippen molar-refractivity contribution in [1.29, 1.82) is 0 Å². The topological polar surface area (TPSA) is 122 Å². The fourth-order valence-corrected chi connectivity index (χ4v) is 8.47. The van der Waals surface area contributed by atoms with Crippen LogP contribution in [0.25, 0.3) is 22.2 Å². The van der Waals surface area contributed by atoms with Crippen LogP contribution in [0.3, 0.4) is 0 Å². The lowest BCUT2D eigenvalue weighted by atomic mass is 9.65. The number of amides is 4. The van der Waals surface area contributed by atoms with Gasteiger partial charge in [-0.2, -0.15) is 0 Å². The number of hydrogen-bond donors (Lipinski definition) is 2. The number of hydrogen-bond acceptors (Lipinski definition) is 6. The van der Waals surface area contributed by atoms with Crippen LogP contribution in [0, 0.1) is 17.8 Å². The predicted octanol–water partition coefficient (Wildman–Crippen LogP) is 3.59. The molecule has 48 heavy (non-hydrogen) atoms. The third-order valence-corrected chi connectivity index (χ3v) is 11.1. The monoisotopic (exact) mass is 656 g/mol. The van der Waals surface area contributed by atoms with Crippen LogP contribution in [-0.2, 0) is 31.1 Å². The van der Waals surface area contributed by atoms with Crippen LogP contribution in [0.2, 0.25) is 0 Å². The van der Waals surface area contributed by atoms with Gasteiger partial charge in [-0.25, -0.2) is 0 Å². The van der Waals surface area contributed by atoms with E-state index < -0.39 is 17.4 Å². The van der Waals surface area contributed by atoms with Crippen LogP contribution in [0.4, 0.5) is 0 Å². The number of rotatable bonds is 10. The Bertz CT molecular complexity index is 1690. The molecule has 11 nitrogen and oxygen atoms in total. The smallest absolute Gasteiger partial charge is 0.228 e. The number of H-pyrrole nitrogens is 1. The third-order valence-electron chi connectivity index (χ3n) is 11.1. The van der Waals surface area contributed by atoms with Crippen molar-refractivity contribution in [1.82, 2.24) is 29.9 Å². The summed E-state index contributed by atoms with van der Waals surface area (Å²) in [6, 6.07) is 10.1. The molecular weight excluding hydrogens is 608 g/mol. The number of aromatic nitrogens is 1. The Morgan fingerprint density at radius 2 is 1.79 bits per heavy atom. The van der Waals surface area contributed by atoms with E-state index in [2.05, 4.69) is 40.3 Å². The highest BCUT2D eigenvalue weighted by molar-refractivity contribution is 5.94. The maximum absolute atomic E-state index is 14.8. The minimum absolute atomic E-state index is 0.00652. The van der Waals surface area contributed by atoms with Gasteiger partial charge in [0.1, 0.15) is 5.76 Å². The van der Waals surface area contributed by atoms with Crippen molar-refractivity contribution >= 4 is 34.5 Å². The molecule has 0 unspecified atom stereocenters. The van der Waals surface area contributed by atoms with Gasteiger partial charge in [-0.3, -0.25) is 19.2 Å². The van der Waals surface area contributed by atoms with Gasteiger partial charge in [-0.1, -0.05) is 19.1 Å². The number of aromatic amines is 1. The molecule has 7 rings (SSSR count). The molecule has 4 aliphatic rings. The first-order chi connectivity index (χ1) is 23.2. The summed E-state index contributed by atoms with van der Waals surface area (Å²) in [5, 5.41) is 4.10. The van der Waals surface area contributed by atoms with Crippen molar-refractivity contribution in [3.05, 3.63) is 47.9 Å². The molecule has 3 aliphatic heterocycles. The summed E-state index contributed by atoms with van der Waals surface area (Å²) in [7, 11) is 4.00. The average Bonchev–Trinajstić information content (AvgIpc) is 3.65. The van der Waals surface area contributed by atoms with Crippen LogP contribution < -0.4 is 5.32 Å². The lowest BCUT2D eigenvalue weighted by molar-refractivity contribution is -0.167. The molecule has 2 aromatic heterocycles. The van der Waals surface area contributed by atoms with Crippen molar-refractivity contribution in [2.45, 2.75) is 57.4 Å². The first-order valence-electron chi connectivity index (χ1n) is 17.7. The Labute approximate surface area is 282 Å². The van der Waals surface area contributed by atoms with E-state index in [1.807, 2.05) is 40.9 Å². The molecule has 5 heterocycles. The van der Waals surface area contributed by atoms with E-state index in [-0.39, 0.29) is 36.0 Å². The fraction of sp³-hybridized carbons (Fsp3) is 0.568. The van der Waals surface area contributed by atoms with Gasteiger partial charge in [0.05, 0.1) is 17.7 Å². The van der Waals surface area contributed by atoms with Crippen molar-refractivity contribution in [2.75, 3.05) is 59.9 Å². The molecule has 1 aliphatic carbocycles. The predicted molar refractivity (Wildman–Crippen MR) is 182 cm³/mol. The number of carbonyl (C=O) groups is 4. The largest absolute Gasteiger partial charge is 0.464 e. The Kier molecular flexibility index (Phi) is 8.82. The standard InChI is InChI=1S/C37H48N6O5/c1-4-37-29(36(47)42-18-16-41(17-19-42)34(45)24-8-9-24)21-26(23-32(44)38-13-6-14-40(2)3)35(46)43(37)15-12-28-27-11-10-25(31-7-5-20-48-31)22-30(27)39-33(28)37/h5,7,10-11,20,22,24,26,29,39H,4,6,8-9,12-19,21,23H2,1-3H3,(H,38,44)/t26-,29-,37+/m1/s1. The Morgan fingerprint density at radius 3 is 2.46 bits per heavy atom. The molecule has 256 valence electrons. The molecule has 0 bridgehead atoms. The first kappa shape index (κ1) is 32.4. The number of carbonyl (C=O) groups excluding carboxylic acids is 4. The molecular formula is C37H48N6O5. The highest BCUT2D eigenvalue weighted by Gasteiger charge is 2.59. The van der Waals surface area contributed by atoms with E-state index >= 15 is 0 Å². The molecule has 0 spiro atoms. The Hall–Kier alpha value is -4.12. The highest BCUT2D eigenvalue weighted by atomic mass is 16.3. The minimum Gasteiger partial charge on any atom is -0.464 e. The molecule has 3 atom stereocenters. The van der Waals surface area contributed by atoms with Gasteiger partial charge in [-0.05, 0) is 82.9 Å². The molecule has 2 saturated heterocycles. The maximum atomic E-state index is 14.8. The van der Waals surface area contributed by atoms with E-state index in [1.165, 1.54) is 0 Å². The van der Waals surface area contributed by atoms with E-state index in [9.17, 15) is 19.2 Å². The zero-order valence-electron chi connectivity index (χ0n) is 28.4. The summed E-state index contributed by atoms with van der Waals surface area (Å²) < 4.78 is 5.67. The number of furan rings is 1. The average molecular weight is 657 g/mol. The van der Waals surface area contributed by atoms with Crippen molar-refractivity contribution in [3.8, 4) is 11.3 Å². The van der Waals surface area contributed by atoms with Gasteiger partial charge in [-0.15, -0.1) is 0 Å². The zero-order chi connectivity index (χ0) is 33.6. The number of piperazine rings is 1. The molecule has 3 aromatic rings. The van der Waals surface area contributed by atoms with E-state index in [4.69, 9.17) is 4.42 Å². The molecule has 1 aromatic carbocycles. The summed E-state index contributed by atoms with van der Waals surface area (Å²) in [6.07, 6.45) is 6.00. The van der Waals surface area contributed by atoms with Crippen molar-refractivity contribution in [2.24, 2.45) is 17.8 Å². The molecule has 3 fully saturated rings. The van der Waals surface area contributed by atoms with Crippen molar-refractivity contribution in [3.63, 3.8) is 0 Å². The molecule has 0 radical (unpaired) electrons. The number of nitrogens with one attached hydrogen (secondary N) is 2. The van der Waals surface area contributed by atoms with Gasteiger partial charge in [0.25, 0.3) is 0 Å². The maximum Gasteiger partial charge on any atom is 0.228 e.